The van der Waals surface area contributed by atoms with E-state index >= 15 is 0 Å². The minimum atomic E-state index is -0.616. The van der Waals surface area contributed by atoms with Crippen LogP contribution in [0.25, 0.3) is 0 Å². The third-order valence-electron chi connectivity index (χ3n) is 3.52. The minimum Gasteiger partial charge on any atom is -0.478 e. The lowest BCUT2D eigenvalue weighted by Crippen LogP contribution is -2.55. The smallest absolute Gasteiger partial charge is 0.410 e. The second-order valence-corrected chi connectivity index (χ2v) is 6.29. The van der Waals surface area contributed by atoms with Crippen molar-refractivity contribution in [3.8, 4) is 0 Å². The summed E-state index contributed by atoms with van der Waals surface area (Å²) in [4.78, 5) is 15.5. The summed E-state index contributed by atoms with van der Waals surface area (Å²) in [5.41, 5.74) is -0.518. The summed E-state index contributed by atoms with van der Waals surface area (Å²) in [7, 11) is 0. The first-order valence-corrected chi connectivity index (χ1v) is 7.02. The van der Waals surface area contributed by atoms with Crippen LogP contribution in [-0.2, 0) is 9.47 Å². The predicted octanol–water partition coefficient (Wildman–Crippen LogP) is 1.16. The monoisotopic (exact) mass is 284 g/mol. The molecule has 0 saturated carbocycles. The summed E-state index contributed by atoms with van der Waals surface area (Å²) in [5.74, 6) is 0.611. The van der Waals surface area contributed by atoms with Crippen molar-refractivity contribution in [3.63, 3.8) is 0 Å². The Labute approximate surface area is 119 Å². The van der Waals surface area contributed by atoms with E-state index in [1.165, 1.54) is 0 Å². The third-order valence-corrected chi connectivity index (χ3v) is 3.52. The van der Waals surface area contributed by atoms with Crippen molar-refractivity contribution in [2.45, 2.75) is 44.9 Å². The van der Waals surface area contributed by atoms with Gasteiger partial charge in [0.15, 0.2) is 5.88 Å². The number of carbonyl (C=O) groups is 1. The molecule has 0 aliphatic carbocycles. The Morgan fingerprint density at radius 1 is 1.45 bits per heavy atom. The summed E-state index contributed by atoms with van der Waals surface area (Å²) in [5, 5.41) is 10.3. The highest BCUT2D eigenvalue weighted by Gasteiger charge is 2.37. The highest BCUT2D eigenvalue weighted by molar-refractivity contribution is 5.68. The number of aliphatic hydroxyl groups excluding tert-OH is 1. The average Bonchev–Trinajstić information content (AvgIpc) is 2.73. The van der Waals surface area contributed by atoms with E-state index in [9.17, 15) is 9.90 Å². The van der Waals surface area contributed by atoms with Gasteiger partial charge < -0.3 is 24.4 Å². The molecule has 1 amide bonds. The van der Waals surface area contributed by atoms with Gasteiger partial charge in [-0.3, -0.25) is 0 Å². The van der Waals surface area contributed by atoms with Crippen molar-refractivity contribution in [1.29, 1.82) is 0 Å². The molecule has 2 fully saturated rings. The van der Waals surface area contributed by atoms with Crippen molar-refractivity contribution >= 4 is 6.09 Å². The van der Waals surface area contributed by atoms with Gasteiger partial charge in [0.2, 0.25) is 0 Å². The largest absolute Gasteiger partial charge is 0.478 e. The van der Waals surface area contributed by atoms with Crippen molar-refractivity contribution in [2.75, 3.05) is 26.2 Å². The Hall–Kier alpha value is -1.43. The number of amides is 1. The maximum atomic E-state index is 12.0. The number of hydrogen-bond acceptors (Lipinski definition) is 5. The quantitative estimate of drug-likeness (QED) is 0.783. The predicted molar refractivity (Wildman–Crippen MR) is 74.0 cm³/mol. The number of β-amino-alcohol motifs (C(OH)–C–C–N with tert-alkyl or cyclic N) is 1. The highest BCUT2D eigenvalue weighted by atomic mass is 16.6. The SMILES string of the molecule is C=C1OCCN1[C@@H]1CCN(C(=O)OC(C)(C)C)C[C@H]1O. The van der Waals surface area contributed by atoms with E-state index in [4.69, 9.17) is 9.47 Å². The maximum absolute atomic E-state index is 12.0. The topological polar surface area (TPSA) is 62.2 Å². The number of piperidine rings is 1. The summed E-state index contributed by atoms with van der Waals surface area (Å²) >= 11 is 0. The number of hydrogen-bond donors (Lipinski definition) is 1. The Balaban J connectivity index is 1.92. The number of carbonyl (C=O) groups excluding carboxylic acids is 1. The van der Waals surface area contributed by atoms with Crippen LogP contribution in [0.3, 0.4) is 0 Å². The van der Waals surface area contributed by atoms with Crippen LogP contribution >= 0.6 is 0 Å². The van der Waals surface area contributed by atoms with Crippen LogP contribution in [0, 0.1) is 0 Å². The van der Waals surface area contributed by atoms with Crippen molar-refractivity contribution < 1.29 is 19.4 Å². The molecule has 0 spiro atoms. The van der Waals surface area contributed by atoms with Gasteiger partial charge in [-0.2, -0.15) is 0 Å². The van der Waals surface area contributed by atoms with Crippen molar-refractivity contribution in [3.05, 3.63) is 12.5 Å². The molecule has 0 unspecified atom stereocenters. The molecule has 6 nitrogen and oxygen atoms in total. The molecule has 0 aromatic heterocycles. The number of ether oxygens (including phenoxy) is 2. The second kappa shape index (κ2) is 5.52. The van der Waals surface area contributed by atoms with Gasteiger partial charge in [-0.05, 0) is 33.8 Å². The van der Waals surface area contributed by atoms with E-state index in [1.807, 2.05) is 25.7 Å². The van der Waals surface area contributed by atoms with Crippen LogP contribution in [0.15, 0.2) is 12.5 Å². The molecule has 2 heterocycles. The van der Waals surface area contributed by atoms with Crippen LogP contribution in [0.2, 0.25) is 0 Å². The van der Waals surface area contributed by atoms with Gasteiger partial charge in [0.25, 0.3) is 0 Å². The van der Waals surface area contributed by atoms with Crippen molar-refractivity contribution in [1.82, 2.24) is 9.80 Å². The molecule has 2 aliphatic heterocycles. The van der Waals surface area contributed by atoms with E-state index in [0.29, 0.717) is 25.5 Å². The zero-order valence-corrected chi connectivity index (χ0v) is 12.5. The first-order valence-electron chi connectivity index (χ1n) is 7.02. The number of nitrogens with zero attached hydrogens (tertiary/aromatic N) is 2. The summed E-state index contributed by atoms with van der Waals surface area (Å²) in [6, 6.07) is -0.0383. The van der Waals surface area contributed by atoms with Crippen LogP contribution in [0.5, 0.6) is 0 Å². The van der Waals surface area contributed by atoms with Crippen molar-refractivity contribution in [2.24, 2.45) is 0 Å². The van der Waals surface area contributed by atoms with Crippen LogP contribution in [-0.4, -0.2) is 65.0 Å². The number of aliphatic hydroxyl groups is 1. The molecule has 6 heteroatoms. The normalized spacial score (nSPS) is 27.5. The Morgan fingerprint density at radius 3 is 2.65 bits per heavy atom. The molecule has 2 atom stereocenters. The van der Waals surface area contributed by atoms with Gasteiger partial charge in [0.05, 0.1) is 25.2 Å². The first-order chi connectivity index (χ1) is 9.28. The average molecular weight is 284 g/mol. The number of rotatable bonds is 1. The zero-order chi connectivity index (χ0) is 14.9. The fourth-order valence-electron chi connectivity index (χ4n) is 2.60. The second-order valence-electron chi connectivity index (χ2n) is 6.29. The summed E-state index contributed by atoms with van der Waals surface area (Å²) < 4.78 is 10.6. The van der Waals surface area contributed by atoms with Crippen LogP contribution in [0.1, 0.15) is 27.2 Å². The zero-order valence-electron chi connectivity index (χ0n) is 12.5. The highest BCUT2D eigenvalue weighted by Crippen LogP contribution is 2.24. The van der Waals surface area contributed by atoms with Crippen LogP contribution < -0.4 is 0 Å². The molecular weight excluding hydrogens is 260 g/mol. The Bertz CT molecular complexity index is 391. The summed E-state index contributed by atoms with van der Waals surface area (Å²) in [6.07, 6.45) is -0.302. The van der Waals surface area contributed by atoms with E-state index in [0.717, 1.165) is 6.54 Å². The molecule has 2 aliphatic rings. The van der Waals surface area contributed by atoms with Gasteiger partial charge in [0, 0.05) is 6.54 Å². The molecule has 1 N–H and O–H groups in total. The van der Waals surface area contributed by atoms with Gasteiger partial charge in [0.1, 0.15) is 12.2 Å². The van der Waals surface area contributed by atoms with E-state index in [-0.39, 0.29) is 18.7 Å². The molecule has 0 aromatic rings. The lowest BCUT2D eigenvalue weighted by Gasteiger charge is -2.40. The Morgan fingerprint density at radius 2 is 2.15 bits per heavy atom. The molecule has 20 heavy (non-hydrogen) atoms. The third kappa shape index (κ3) is 3.36. The molecule has 0 bridgehead atoms. The minimum absolute atomic E-state index is 0.0383. The Kier molecular flexibility index (Phi) is 4.13. The molecule has 2 saturated heterocycles. The van der Waals surface area contributed by atoms with Gasteiger partial charge in [-0.15, -0.1) is 0 Å². The molecule has 0 aromatic carbocycles. The molecular formula is C14H24N2O4. The van der Waals surface area contributed by atoms with Gasteiger partial charge >= 0.3 is 6.09 Å². The fourth-order valence-corrected chi connectivity index (χ4v) is 2.60. The number of likely N-dealkylation sites (tertiary alicyclic amines) is 1. The maximum Gasteiger partial charge on any atom is 0.410 e. The van der Waals surface area contributed by atoms with E-state index in [1.54, 1.807) is 4.90 Å². The molecule has 114 valence electrons. The van der Waals surface area contributed by atoms with E-state index in [2.05, 4.69) is 6.58 Å². The molecule has 2 rings (SSSR count). The van der Waals surface area contributed by atoms with E-state index < -0.39 is 11.7 Å². The van der Waals surface area contributed by atoms with Crippen LogP contribution in [0.4, 0.5) is 4.79 Å². The summed E-state index contributed by atoms with van der Waals surface area (Å²) in [6.45, 7) is 11.5. The fraction of sp³-hybridized carbons (Fsp3) is 0.786. The lowest BCUT2D eigenvalue weighted by molar-refractivity contribution is -0.0220. The lowest BCUT2D eigenvalue weighted by atomic mass is 10.0. The first kappa shape index (κ1) is 15.0. The molecule has 0 radical (unpaired) electrons. The standard InChI is InChI=1S/C14H24N2O4/c1-10-16(7-8-19-10)11-5-6-15(9-12(11)17)13(18)20-14(2,3)4/h11-12,17H,1,5-9H2,2-4H3/t11-,12-/m1/s1. The van der Waals surface area contributed by atoms with Gasteiger partial charge in [-0.1, -0.05) is 0 Å². The van der Waals surface area contributed by atoms with Gasteiger partial charge in [-0.25, -0.2) is 4.79 Å².